The number of aromatic nitrogens is 1. The van der Waals surface area contributed by atoms with Crippen molar-refractivity contribution in [3.05, 3.63) is 30.1 Å². The average molecular weight is 236 g/mol. The summed E-state index contributed by atoms with van der Waals surface area (Å²) in [6.45, 7) is 0.402. The predicted molar refractivity (Wildman–Crippen MR) is 62.5 cm³/mol. The number of likely N-dealkylation sites (N-methyl/N-ethyl adjacent to an activating group) is 1. The summed E-state index contributed by atoms with van der Waals surface area (Å²) in [6, 6.07) is 2.77. The van der Waals surface area contributed by atoms with E-state index in [1.165, 1.54) is 4.90 Å². The second kappa shape index (κ2) is 5.95. The van der Waals surface area contributed by atoms with E-state index in [9.17, 15) is 9.59 Å². The maximum absolute atomic E-state index is 11.8. The van der Waals surface area contributed by atoms with Crippen molar-refractivity contribution >= 4 is 11.8 Å². The zero-order chi connectivity index (χ0) is 12.8. The van der Waals surface area contributed by atoms with Gasteiger partial charge in [-0.05, 0) is 11.6 Å². The first kappa shape index (κ1) is 13.1. The summed E-state index contributed by atoms with van der Waals surface area (Å²) in [4.78, 5) is 27.8. The highest BCUT2D eigenvalue weighted by Gasteiger charge is 2.19. The third kappa shape index (κ3) is 4.20. The lowest BCUT2D eigenvalue weighted by Gasteiger charge is -2.20. The normalized spacial score (nSPS) is 11.9. The van der Waals surface area contributed by atoms with Gasteiger partial charge in [-0.15, -0.1) is 0 Å². The lowest BCUT2D eigenvalue weighted by atomic mass is 10.2. The molecule has 4 N–H and O–H groups in total. The van der Waals surface area contributed by atoms with Crippen LogP contribution in [0.5, 0.6) is 0 Å². The Bertz CT molecular complexity index is 394. The fourth-order valence-corrected chi connectivity index (χ4v) is 1.43. The summed E-state index contributed by atoms with van der Waals surface area (Å²) in [5, 5.41) is 0. The largest absolute Gasteiger partial charge is 0.370 e. The number of carbonyl (C=O) groups is 2. The van der Waals surface area contributed by atoms with Crippen LogP contribution in [0.1, 0.15) is 12.0 Å². The molecule has 0 aliphatic rings. The Morgan fingerprint density at radius 2 is 2.24 bits per heavy atom. The van der Waals surface area contributed by atoms with E-state index in [2.05, 4.69) is 4.98 Å². The molecule has 1 rings (SSSR count). The van der Waals surface area contributed by atoms with Gasteiger partial charge < -0.3 is 16.4 Å². The number of nitrogens with two attached hydrogens (primary N) is 2. The van der Waals surface area contributed by atoms with Crippen LogP contribution in [0, 0.1) is 0 Å². The van der Waals surface area contributed by atoms with Crippen molar-refractivity contribution in [2.75, 3.05) is 7.05 Å². The molecule has 0 bridgehead atoms. The topological polar surface area (TPSA) is 102 Å². The van der Waals surface area contributed by atoms with E-state index in [1.807, 2.05) is 6.07 Å². The number of hydrogen-bond donors (Lipinski definition) is 2. The molecule has 1 aromatic heterocycles. The van der Waals surface area contributed by atoms with Crippen molar-refractivity contribution in [3.8, 4) is 0 Å². The summed E-state index contributed by atoms with van der Waals surface area (Å²) in [7, 11) is 1.62. The third-order valence-electron chi connectivity index (χ3n) is 2.26. The lowest BCUT2D eigenvalue weighted by molar-refractivity contribution is -0.133. The number of pyridine rings is 1. The Morgan fingerprint density at radius 3 is 2.76 bits per heavy atom. The highest BCUT2D eigenvalue weighted by molar-refractivity contribution is 5.87. The molecule has 0 radical (unpaired) electrons. The van der Waals surface area contributed by atoms with Gasteiger partial charge >= 0.3 is 0 Å². The van der Waals surface area contributed by atoms with E-state index < -0.39 is 11.9 Å². The van der Waals surface area contributed by atoms with Crippen LogP contribution in [0.2, 0.25) is 0 Å². The molecule has 2 amide bonds. The maximum atomic E-state index is 11.8. The van der Waals surface area contributed by atoms with Crippen molar-refractivity contribution in [1.82, 2.24) is 9.88 Å². The Kier molecular flexibility index (Phi) is 4.59. The van der Waals surface area contributed by atoms with Crippen molar-refractivity contribution in [1.29, 1.82) is 0 Å². The molecular formula is C11H16N4O2. The van der Waals surface area contributed by atoms with Crippen LogP contribution in [-0.2, 0) is 16.1 Å². The van der Waals surface area contributed by atoms with Crippen molar-refractivity contribution in [2.45, 2.75) is 19.0 Å². The van der Waals surface area contributed by atoms with Gasteiger partial charge in [0.2, 0.25) is 11.8 Å². The summed E-state index contributed by atoms with van der Waals surface area (Å²) in [6.07, 6.45) is 3.18. The van der Waals surface area contributed by atoms with Gasteiger partial charge in [0, 0.05) is 26.0 Å². The van der Waals surface area contributed by atoms with Gasteiger partial charge in [-0.2, -0.15) is 0 Å². The number of primary amides is 1. The Balaban J connectivity index is 2.55. The van der Waals surface area contributed by atoms with Gasteiger partial charge in [-0.1, -0.05) is 6.07 Å². The zero-order valence-electron chi connectivity index (χ0n) is 9.67. The minimum Gasteiger partial charge on any atom is -0.370 e. The first-order valence-electron chi connectivity index (χ1n) is 5.18. The Morgan fingerprint density at radius 1 is 1.53 bits per heavy atom. The van der Waals surface area contributed by atoms with Crippen LogP contribution in [-0.4, -0.2) is 34.8 Å². The summed E-state index contributed by atoms with van der Waals surface area (Å²) >= 11 is 0. The van der Waals surface area contributed by atoms with E-state index in [0.717, 1.165) is 5.56 Å². The molecule has 0 saturated carbocycles. The second-order valence-electron chi connectivity index (χ2n) is 3.83. The summed E-state index contributed by atoms with van der Waals surface area (Å²) in [5.41, 5.74) is 11.4. The lowest BCUT2D eigenvalue weighted by Crippen LogP contribution is -2.43. The van der Waals surface area contributed by atoms with E-state index >= 15 is 0 Å². The van der Waals surface area contributed by atoms with E-state index in [1.54, 1.807) is 25.5 Å². The highest BCUT2D eigenvalue weighted by atomic mass is 16.2. The minimum atomic E-state index is -0.880. The van der Waals surface area contributed by atoms with Crippen LogP contribution in [0.4, 0.5) is 0 Å². The van der Waals surface area contributed by atoms with Gasteiger partial charge in [0.05, 0.1) is 12.5 Å². The number of hydrogen-bond acceptors (Lipinski definition) is 4. The quantitative estimate of drug-likeness (QED) is 0.701. The van der Waals surface area contributed by atoms with Crippen molar-refractivity contribution in [3.63, 3.8) is 0 Å². The molecule has 6 nitrogen and oxygen atoms in total. The monoisotopic (exact) mass is 236 g/mol. The SMILES string of the molecule is CN(Cc1cccnc1)C(=O)C(N)CC(N)=O. The molecule has 0 aliphatic heterocycles. The van der Waals surface area contributed by atoms with Gasteiger partial charge in [0.1, 0.15) is 0 Å². The molecule has 0 aromatic carbocycles. The number of nitrogens with zero attached hydrogens (tertiary/aromatic N) is 2. The fraction of sp³-hybridized carbons (Fsp3) is 0.364. The molecule has 92 valence electrons. The van der Waals surface area contributed by atoms with Gasteiger partial charge in [-0.3, -0.25) is 14.6 Å². The molecule has 0 fully saturated rings. The first-order chi connectivity index (χ1) is 8.00. The molecule has 0 spiro atoms. The van der Waals surface area contributed by atoms with Crippen LogP contribution in [0.3, 0.4) is 0 Å². The Labute approximate surface area is 99.6 Å². The zero-order valence-corrected chi connectivity index (χ0v) is 9.67. The highest BCUT2D eigenvalue weighted by Crippen LogP contribution is 2.03. The molecule has 17 heavy (non-hydrogen) atoms. The summed E-state index contributed by atoms with van der Waals surface area (Å²) < 4.78 is 0. The summed E-state index contributed by atoms with van der Waals surface area (Å²) in [5.74, 6) is -0.895. The van der Waals surface area contributed by atoms with Gasteiger partial charge in [0.25, 0.3) is 0 Å². The van der Waals surface area contributed by atoms with E-state index in [0.29, 0.717) is 6.54 Å². The molecular weight excluding hydrogens is 220 g/mol. The molecule has 1 unspecified atom stereocenters. The number of carbonyl (C=O) groups excluding carboxylic acids is 2. The minimum absolute atomic E-state index is 0.143. The maximum Gasteiger partial charge on any atom is 0.240 e. The third-order valence-corrected chi connectivity index (χ3v) is 2.26. The molecule has 0 aliphatic carbocycles. The van der Waals surface area contributed by atoms with Gasteiger partial charge in [-0.25, -0.2) is 0 Å². The van der Waals surface area contributed by atoms with Crippen LogP contribution in [0.25, 0.3) is 0 Å². The average Bonchev–Trinajstić information content (AvgIpc) is 2.28. The number of rotatable bonds is 5. The fourth-order valence-electron chi connectivity index (χ4n) is 1.43. The van der Waals surface area contributed by atoms with Gasteiger partial charge in [0.15, 0.2) is 0 Å². The van der Waals surface area contributed by atoms with E-state index in [4.69, 9.17) is 11.5 Å². The predicted octanol–water partition coefficient (Wildman–Crippen LogP) is -0.757. The first-order valence-corrected chi connectivity index (χ1v) is 5.18. The molecule has 0 saturated heterocycles. The smallest absolute Gasteiger partial charge is 0.240 e. The van der Waals surface area contributed by atoms with Crippen LogP contribution >= 0.6 is 0 Å². The molecule has 1 aromatic rings. The van der Waals surface area contributed by atoms with Crippen LogP contribution in [0.15, 0.2) is 24.5 Å². The molecule has 1 heterocycles. The van der Waals surface area contributed by atoms with Crippen molar-refractivity contribution in [2.24, 2.45) is 11.5 Å². The Hall–Kier alpha value is -1.95. The molecule has 1 atom stereocenters. The van der Waals surface area contributed by atoms with Crippen LogP contribution < -0.4 is 11.5 Å². The second-order valence-corrected chi connectivity index (χ2v) is 3.83. The standard InChI is InChI=1S/C11H16N4O2/c1-15(7-8-3-2-4-14-6-8)11(17)9(12)5-10(13)16/h2-4,6,9H,5,7,12H2,1H3,(H2,13,16). The van der Waals surface area contributed by atoms with Crippen molar-refractivity contribution < 1.29 is 9.59 Å². The van der Waals surface area contributed by atoms with E-state index in [-0.39, 0.29) is 12.3 Å². The number of amides is 2. The molecule has 6 heteroatoms.